The summed E-state index contributed by atoms with van der Waals surface area (Å²) in [6.45, 7) is 3.05. The molecule has 0 aromatic heterocycles. The molecule has 0 bridgehead atoms. The lowest BCUT2D eigenvalue weighted by Crippen LogP contribution is -2.26. The van der Waals surface area contributed by atoms with E-state index >= 15 is 0 Å². The minimum absolute atomic E-state index is 0.135. The lowest BCUT2D eigenvalue weighted by Gasteiger charge is -2.17. The number of rotatable bonds is 5. The van der Waals surface area contributed by atoms with E-state index in [9.17, 15) is 9.18 Å². The van der Waals surface area contributed by atoms with E-state index in [2.05, 4.69) is 0 Å². The fourth-order valence-electron chi connectivity index (χ4n) is 2.02. The Morgan fingerprint density at radius 1 is 1.10 bits per heavy atom. The third-order valence-electron chi connectivity index (χ3n) is 3.09. The van der Waals surface area contributed by atoms with Gasteiger partial charge < -0.3 is 9.64 Å². The summed E-state index contributed by atoms with van der Waals surface area (Å²) in [5, 5.41) is 0. The number of nitrogens with zero attached hydrogens (tertiary/aromatic N) is 1. The maximum absolute atomic E-state index is 12.9. The predicted molar refractivity (Wildman–Crippen MR) is 79.8 cm³/mol. The summed E-state index contributed by atoms with van der Waals surface area (Å²) >= 11 is 0. The van der Waals surface area contributed by atoms with Crippen molar-refractivity contribution in [3.05, 3.63) is 65.5 Å². The molecule has 4 heteroatoms. The van der Waals surface area contributed by atoms with Gasteiger partial charge in [-0.3, -0.25) is 4.79 Å². The molecule has 21 heavy (non-hydrogen) atoms. The van der Waals surface area contributed by atoms with Crippen LogP contribution in [0.2, 0.25) is 0 Å². The maximum Gasteiger partial charge on any atom is 0.253 e. The molecule has 0 heterocycles. The van der Waals surface area contributed by atoms with Crippen LogP contribution in [0, 0.1) is 5.82 Å². The van der Waals surface area contributed by atoms with Gasteiger partial charge in [0, 0.05) is 19.2 Å². The summed E-state index contributed by atoms with van der Waals surface area (Å²) in [6.07, 6.45) is 0. The highest BCUT2D eigenvalue weighted by atomic mass is 19.1. The second-order valence-electron chi connectivity index (χ2n) is 4.75. The van der Waals surface area contributed by atoms with Gasteiger partial charge in [0.15, 0.2) is 0 Å². The van der Waals surface area contributed by atoms with E-state index in [1.54, 1.807) is 11.9 Å². The van der Waals surface area contributed by atoms with Crippen LogP contribution in [0.4, 0.5) is 4.39 Å². The van der Waals surface area contributed by atoms with E-state index in [0.29, 0.717) is 18.7 Å². The predicted octanol–water partition coefficient (Wildman–Crippen LogP) is 3.50. The zero-order valence-electron chi connectivity index (χ0n) is 12.2. The van der Waals surface area contributed by atoms with E-state index in [-0.39, 0.29) is 11.7 Å². The van der Waals surface area contributed by atoms with Crippen molar-refractivity contribution in [2.75, 3.05) is 13.7 Å². The van der Waals surface area contributed by atoms with Crippen molar-refractivity contribution in [3.8, 4) is 5.75 Å². The molecule has 2 aromatic rings. The van der Waals surface area contributed by atoms with Crippen LogP contribution in [-0.4, -0.2) is 24.5 Å². The molecule has 0 unspecified atom stereocenters. The first-order valence-corrected chi connectivity index (χ1v) is 6.83. The van der Waals surface area contributed by atoms with Crippen LogP contribution in [0.3, 0.4) is 0 Å². The standard InChI is InChI=1S/C17H18FNO2/c1-3-21-16-10-4-13(5-11-16)12-19(2)17(20)14-6-8-15(18)9-7-14/h4-11H,3,12H2,1-2H3. The molecule has 2 aromatic carbocycles. The second kappa shape index (κ2) is 6.88. The van der Waals surface area contributed by atoms with E-state index < -0.39 is 0 Å². The molecule has 0 N–H and O–H groups in total. The van der Waals surface area contributed by atoms with Crippen molar-refractivity contribution < 1.29 is 13.9 Å². The smallest absolute Gasteiger partial charge is 0.253 e. The molecule has 0 aliphatic heterocycles. The Kier molecular flexibility index (Phi) is 4.93. The van der Waals surface area contributed by atoms with Gasteiger partial charge in [-0.05, 0) is 48.9 Å². The first kappa shape index (κ1) is 15.0. The quantitative estimate of drug-likeness (QED) is 0.842. The molecule has 0 saturated carbocycles. The fourth-order valence-corrected chi connectivity index (χ4v) is 2.02. The highest BCUT2D eigenvalue weighted by Crippen LogP contribution is 2.14. The van der Waals surface area contributed by atoms with Crippen molar-refractivity contribution in [2.45, 2.75) is 13.5 Å². The number of halogens is 1. The molecule has 0 saturated heterocycles. The lowest BCUT2D eigenvalue weighted by atomic mass is 10.1. The molecule has 110 valence electrons. The Morgan fingerprint density at radius 2 is 1.71 bits per heavy atom. The lowest BCUT2D eigenvalue weighted by molar-refractivity contribution is 0.0785. The van der Waals surface area contributed by atoms with Crippen LogP contribution in [0.5, 0.6) is 5.75 Å². The average Bonchev–Trinajstić information content (AvgIpc) is 2.49. The number of amides is 1. The number of ether oxygens (including phenoxy) is 1. The fraction of sp³-hybridized carbons (Fsp3) is 0.235. The Morgan fingerprint density at radius 3 is 2.29 bits per heavy atom. The third kappa shape index (κ3) is 4.05. The van der Waals surface area contributed by atoms with Crippen molar-refractivity contribution in [3.63, 3.8) is 0 Å². The van der Waals surface area contributed by atoms with E-state index in [0.717, 1.165) is 11.3 Å². The first-order chi connectivity index (χ1) is 10.1. The summed E-state index contributed by atoms with van der Waals surface area (Å²) in [5.41, 5.74) is 1.49. The van der Waals surface area contributed by atoms with Gasteiger partial charge >= 0.3 is 0 Å². The Labute approximate surface area is 124 Å². The van der Waals surface area contributed by atoms with Gasteiger partial charge in [0.25, 0.3) is 5.91 Å². The molecule has 3 nitrogen and oxygen atoms in total. The van der Waals surface area contributed by atoms with E-state index in [4.69, 9.17) is 4.74 Å². The largest absolute Gasteiger partial charge is 0.494 e. The van der Waals surface area contributed by atoms with Crippen molar-refractivity contribution >= 4 is 5.91 Å². The molecule has 0 aliphatic rings. The minimum atomic E-state index is -0.347. The monoisotopic (exact) mass is 287 g/mol. The normalized spacial score (nSPS) is 10.2. The van der Waals surface area contributed by atoms with Crippen molar-refractivity contribution in [2.24, 2.45) is 0 Å². The number of benzene rings is 2. The zero-order chi connectivity index (χ0) is 15.2. The van der Waals surface area contributed by atoms with Gasteiger partial charge in [0.2, 0.25) is 0 Å². The Hall–Kier alpha value is -2.36. The number of carbonyl (C=O) groups excluding carboxylic acids is 1. The van der Waals surface area contributed by atoms with Crippen molar-refractivity contribution in [1.82, 2.24) is 4.90 Å². The van der Waals surface area contributed by atoms with E-state index in [1.807, 2.05) is 31.2 Å². The SMILES string of the molecule is CCOc1ccc(CN(C)C(=O)c2ccc(F)cc2)cc1. The van der Waals surface area contributed by atoms with Gasteiger partial charge in [0.1, 0.15) is 11.6 Å². The van der Waals surface area contributed by atoms with Gasteiger partial charge in [-0.1, -0.05) is 12.1 Å². The molecule has 0 fully saturated rings. The molecule has 0 atom stereocenters. The molecule has 1 amide bonds. The maximum atomic E-state index is 12.9. The molecular formula is C17H18FNO2. The van der Waals surface area contributed by atoms with E-state index in [1.165, 1.54) is 24.3 Å². The third-order valence-corrected chi connectivity index (χ3v) is 3.09. The summed E-state index contributed by atoms with van der Waals surface area (Å²) in [4.78, 5) is 13.8. The summed E-state index contributed by atoms with van der Waals surface area (Å²) in [7, 11) is 1.72. The van der Waals surface area contributed by atoms with Crippen LogP contribution in [-0.2, 0) is 6.54 Å². The zero-order valence-corrected chi connectivity index (χ0v) is 12.2. The summed E-state index contributed by atoms with van der Waals surface area (Å²) < 4.78 is 18.2. The summed E-state index contributed by atoms with van der Waals surface area (Å²) in [6, 6.07) is 13.2. The van der Waals surface area contributed by atoms with Crippen LogP contribution < -0.4 is 4.74 Å². The highest BCUT2D eigenvalue weighted by Gasteiger charge is 2.12. The summed E-state index contributed by atoms with van der Waals surface area (Å²) in [5.74, 6) is 0.332. The van der Waals surface area contributed by atoms with Crippen LogP contribution in [0.25, 0.3) is 0 Å². The molecule has 0 radical (unpaired) electrons. The minimum Gasteiger partial charge on any atom is -0.494 e. The van der Waals surface area contributed by atoms with Crippen LogP contribution in [0.1, 0.15) is 22.8 Å². The van der Waals surface area contributed by atoms with Gasteiger partial charge in [-0.15, -0.1) is 0 Å². The Bertz CT molecular complexity index is 593. The number of carbonyl (C=O) groups is 1. The van der Waals surface area contributed by atoms with Gasteiger partial charge in [0.05, 0.1) is 6.61 Å². The van der Waals surface area contributed by atoms with Crippen LogP contribution >= 0.6 is 0 Å². The number of hydrogen-bond donors (Lipinski definition) is 0. The topological polar surface area (TPSA) is 29.5 Å². The molecule has 0 spiro atoms. The highest BCUT2D eigenvalue weighted by molar-refractivity contribution is 5.93. The molecule has 0 aliphatic carbocycles. The average molecular weight is 287 g/mol. The van der Waals surface area contributed by atoms with Crippen molar-refractivity contribution in [1.29, 1.82) is 0 Å². The molecular weight excluding hydrogens is 269 g/mol. The second-order valence-corrected chi connectivity index (χ2v) is 4.75. The first-order valence-electron chi connectivity index (χ1n) is 6.83. The van der Waals surface area contributed by atoms with Gasteiger partial charge in [-0.2, -0.15) is 0 Å². The number of hydrogen-bond acceptors (Lipinski definition) is 2. The van der Waals surface area contributed by atoms with Gasteiger partial charge in [-0.25, -0.2) is 4.39 Å². The molecule has 2 rings (SSSR count). The van der Waals surface area contributed by atoms with Crippen LogP contribution in [0.15, 0.2) is 48.5 Å². The Balaban J connectivity index is 2.01.